The fourth-order valence-corrected chi connectivity index (χ4v) is 4.17. The number of guanidine groups is 1. The highest BCUT2D eigenvalue weighted by atomic mass is 15.4. The fourth-order valence-electron chi connectivity index (χ4n) is 4.17. The van der Waals surface area contributed by atoms with Crippen LogP contribution in [-0.4, -0.2) is 95.0 Å². The lowest BCUT2D eigenvalue weighted by Crippen LogP contribution is -2.57. The smallest absolute Gasteiger partial charge is 0.222 e. The first-order chi connectivity index (χ1) is 15.1. The van der Waals surface area contributed by atoms with Crippen LogP contribution in [0, 0.1) is 18.4 Å². The van der Waals surface area contributed by atoms with E-state index in [9.17, 15) is 5.26 Å². The first-order valence-electron chi connectivity index (χ1n) is 10.5. The zero-order chi connectivity index (χ0) is 21.8. The Balaban J connectivity index is 1.54. The highest BCUT2D eigenvalue weighted by molar-refractivity contribution is 5.82. The number of hydrogen-bond donors (Lipinski definition) is 1. The number of pyridine rings is 1. The Bertz CT molecular complexity index is 968. The molecule has 4 heterocycles. The number of nitrogens with two attached hydrogens (primary N) is 1. The number of aliphatic imine (C=N–C) groups is 1. The minimum Gasteiger partial charge on any atom is -0.368 e. The summed E-state index contributed by atoms with van der Waals surface area (Å²) in [6.07, 6.45) is 5.58. The third-order valence-corrected chi connectivity index (χ3v) is 5.84. The predicted octanol–water partition coefficient (Wildman–Crippen LogP) is 0.636. The maximum Gasteiger partial charge on any atom is 0.222 e. The van der Waals surface area contributed by atoms with Crippen molar-refractivity contribution in [3.05, 3.63) is 30.2 Å². The summed E-state index contributed by atoms with van der Waals surface area (Å²) < 4.78 is 0. The van der Waals surface area contributed by atoms with Crippen molar-refractivity contribution in [3.63, 3.8) is 0 Å². The third-order valence-electron chi connectivity index (χ3n) is 5.84. The van der Waals surface area contributed by atoms with Crippen LogP contribution in [0.25, 0.3) is 11.1 Å². The maximum absolute atomic E-state index is 9.26. The summed E-state index contributed by atoms with van der Waals surface area (Å²) in [5.74, 6) is 1.88. The van der Waals surface area contributed by atoms with Crippen molar-refractivity contribution in [2.45, 2.75) is 6.92 Å². The van der Waals surface area contributed by atoms with Gasteiger partial charge in [0.15, 0.2) is 0 Å². The van der Waals surface area contributed by atoms with Gasteiger partial charge in [0.05, 0.1) is 5.69 Å². The van der Waals surface area contributed by atoms with Gasteiger partial charge < -0.3 is 25.3 Å². The summed E-state index contributed by atoms with van der Waals surface area (Å²) in [6, 6.07) is 3.92. The number of likely N-dealkylation sites (N-methyl/N-ethyl adjacent to an activating group) is 1. The Hall–Kier alpha value is -3.45. The van der Waals surface area contributed by atoms with E-state index in [-0.39, 0.29) is 5.95 Å². The normalized spacial score (nSPS) is 18.2. The average molecular weight is 421 g/mol. The lowest BCUT2D eigenvalue weighted by molar-refractivity contribution is 0.194. The number of nitrogens with zero attached hydrogens (tertiary/aromatic N) is 9. The highest BCUT2D eigenvalue weighted by Crippen LogP contribution is 2.32. The van der Waals surface area contributed by atoms with Gasteiger partial charge in [-0.25, -0.2) is 4.98 Å². The van der Waals surface area contributed by atoms with E-state index in [4.69, 9.17) is 5.73 Å². The van der Waals surface area contributed by atoms with Crippen molar-refractivity contribution in [2.24, 2.45) is 4.99 Å². The predicted molar refractivity (Wildman–Crippen MR) is 120 cm³/mol. The number of nitrogen functional groups attached to an aromatic ring is 1. The molecule has 0 unspecified atom stereocenters. The second kappa shape index (κ2) is 9.14. The number of aromatic nitrogens is 3. The Morgan fingerprint density at radius 1 is 1.06 bits per heavy atom. The van der Waals surface area contributed by atoms with Gasteiger partial charge in [-0.15, -0.1) is 4.99 Å². The molecule has 0 radical (unpaired) electrons. The molecule has 0 spiro atoms. The monoisotopic (exact) mass is 420 g/mol. The van der Waals surface area contributed by atoms with E-state index < -0.39 is 0 Å². The zero-order valence-electron chi connectivity index (χ0n) is 18.1. The van der Waals surface area contributed by atoms with Gasteiger partial charge in [0.2, 0.25) is 18.1 Å². The van der Waals surface area contributed by atoms with Gasteiger partial charge in [-0.2, -0.15) is 10.2 Å². The molecule has 2 fully saturated rings. The number of aryl methyl sites for hydroxylation is 1. The summed E-state index contributed by atoms with van der Waals surface area (Å²) in [6.45, 7) is 8.66. The second-order valence-corrected chi connectivity index (χ2v) is 7.88. The molecule has 2 aromatic rings. The summed E-state index contributed by atoms with van der Waals surface area (Å²) in [4.78, 5) is 26.3. The number of nitriles is 1. The molecule has 10 nitrogen and oxygen atoms in total. The molecule has 4 rings (SSSR count). The van der Waals surface area contributed by atoms with Gasteiger partial charge in [0, 0.05) is 75.9 Å². The largest absolute Gasteiger partial charge is 0.368 e. The van der Waals surface area contributed by atoms with Crippen LogP contribution < -0.4 is 10.6 Å². The van der Waals surface area contributed by atoms with Gasteiger partial charge in [-0.05, 0) is 20.0 Å². The standard InChI is InChI=1S/C21H28N10/c1-16-18(17-4-3-5-24-14-17)19(27-20(23)26-16)29-10-12-31(13-11-29)21(25-15-22)30-8-6-28(2)7-9-30/h3-5,14H,6-13H2,1-2H3,(H2,23,26,27)/b25-21-. The van der Waals surface area contributed by atoms with Crippen LogP contribution in [-0.2, 0) is 0 Å². The molecule has 10 heteroatoms. The molecule has 0 amide bonds. The molecular formula is C21H28N10. The van der Waals surface area contributed by atoms with Gasteiger partial charge in [0.1, 0.15) is 5.82 Å². The Kier molecular flexibility index (Phi) is 6.13. The molecule has 2 aliphatic rings. The van der Waals surface area contributed by atoms with Gasteiger partial charge in [-0.3, -0.25) is 4.98 Å². The van der Waals surface area contributed by atoms with E-state index in [1.54, 1.807) is 6.20 Å². The third kappa shape index (κ3) is 4.51. The first kappa shape index (κ1) is 20.8. The first-order valence-corrected chi connectivity index (χ1v) is 10.5. The van der Waals surface area contributed by atoms with Crippen LogP contribution in [0.3, 0.4) is 0 Å². The molecule has 2 aromatic heterocycles. The topological polar surface area (TPSA) is 114 Å². The van der Waals surface area contributed by atoms with Crippen LogP contribution in [0.2, 0.25) is 0 Å². The van der Waals surface area contributed by atoms with Crippen molar-refractivity contribution >= 4 is 17.7 Å². The van der Waals surface area contributed by atoms with Crippen molar-refractivity contribution in [2.75, 3.05) is 70.0 Å². The van der Waals surface area contributed by atoms with Crippen LogP contribution in [0.5, 0.6) is 0 Å². The van der Waals surface area contributed by atoms with Crippen LogP contribution in [0.15, 0.2) is 29.5 Å². The number of hydrogen-bond acceptors (Lipinski definition) is 8. The van der Waals surface area contributed by atoms with Crippen LogP contribution >= 0.6 is 0 Å². The minimum absolute atomic E-state index is 0.270. The van der Waals surface area contributed by atoms with Gasteiger partial charge in [0.25, 0.3) is 0 Å². The zero-order valence-corrected chi connectivity index (χ0v) is 18.1. The summed E-state index contributed by atoms with van der Waals surface area (Å²) in [7, 11) is 2.12. The van der Waals surface area contributed by atoms with E-state index in [2.05, 4.69) is 46.6 Å². The fraction of sp³-hybridized carbons (Fsp3) is 0.476. The summed E-state index contributed by atoms with van der Waals surface area (Å²) >= 11 is 0. The Morgan fingerprint density at radius 3 is 2.35 bits per heavy atom. The molecule has 0 aliphatic carbocycles. The van der Waals surface area contributed by atoms with Crippen molar-refractivity contribution in [1.82, 2.24) is 29.7 Å². The van der Waals surface area contributed by atoms with Crippen molar-refractivity contribution in [1.29, 1.82) is 5.26 Å². The summed E-state index contributed by atoms with van der Waals surface area (Å²) in [5.41, 5.74) is 8.76. The maximum atomic E-state index is 9.26. The Morgan fingerprint density at radius 2 is 1.74 bits per heavy atom. The molecule has 2 saturated heterocycles. The van der Waals surface area contributed by atoms with E-state index in [1.165, 1.54) is 0 Å². The SMILES string of the molecule is Cc1nc(N)nc(N2CCN(/C(=N\C#N)N3CCN(C)CC3)CC2)c1-c1cccnc1. The minimum atomic E-state index is 0.270. The summed E-state index contributed by atoms with van der Waals surface area (Å²) in [5, 5.41) is 9.26. The number of anilines is 2. The molecular weight excluding hydrogens is 392 g/mol. The van der Waals surface area contributed by atoms with E-state index in [1.807, 2.05) is 31.4 Å². The molecule has 31 heavy (non-hydrogen) atoms. The van der Waals surface area contributed by atoms with Crippen molar-refractivity contribution in [3.8, 4) is 17.3 Å². The quantitative estimate of drug-likeness (QED) is 0.424. The molecule has 162 valence electrons. The molecule has 0 aromatic carbocycles. The molecule has 0 saturated carbocycles. The number of rotatable bonds is 2. The van der Waals surface area contributed by atoms with Gasteiger partial charge in [-0.1, -0.05) is 6.07 Å². The molecule has 2 aliphatic heterocycles. The van der Waals surface area contributed by atoms with Gasteiger partial charge >= 0.3 is 0 Å². The Labute approximate surface area is 182 Å². The van der Waals surface area contributed by atoms with Crippen LogP contribution in [0.4, 0.5) is 11.8 Å². The van der Waals surface area contributed by atoms with E-state index in [0.717, 1.165) is 81.0 Å². The molecule has 0 bridgehead atoms. The molecule has 2 N–H and O–H groups in total. The van der Waals surface area contributed by atoms with E-state index in [0.29, 0.717) is 0 Å². The van der Waals surface area contributed by atoms with Crippen LogP contribution in [0.1, 0.15) is 5.69 Å². The second-order valence-electron chi connectivity index (χ2n) is 7.88. The number of piperazine rings is 2. The van der Waals surface area contributed by atoms with Crippen molar-refractivity contribution < 1.29 is 0 Å². The highest BCUT2D eigenvalue weighted by Gasteiger charge is 2.28. The lowest BCUT2D eigenvalue weighted by atomic mass is 10.1. The lowest BCUT2D eigenvalue weighted by Gasteiger charge is -2.42. The van der Waals surface area contributed by atoms with E-state index >= 15 is 0 Å². The average Bonchev–Trinajstić information content (AvgIpc) is 2.78. The molecule has 0 atom stereocenters.